The number of nitrogens with zero attached hydrogens (tertiary/aromatic N) is 1. The lowest BCUT2D eigenvalue weighted by Gasteiger charge is -2.28. The molecule has 0 aromatic heterocycles. The van der Waals surface area contributed by atoms with Crippen LogP contribution in [0.1, 0.15) is 44.2 Å². The summed E-state index contributed by atoms with van der Waals surface area (Å²) >= 11 is 0. The quantitative estimate of drug-likeness (QED) is 0.644. The van der Waals surface area contributed by atoms with Gasteiger partial charge in [-0.3, -0.25) is 5.41 Å². The smallest absolute Gasteiger partial charge is 0.124 e. The van der Waals surface area contributed by atoms with Gasteiger partial charge in [0.15, 0.2) is 0 Å². The number of nitrogens with one attached hydrogen (secondary N) is 1. The van der Waals surface area contributed by atoms with Crippen molar-refractivity contribution in [1.82, 2.24) is 0 Å². The van der Waals surface area contributed by atoms with Crippen LogP contribution < -0.4 is 10.6 Å². The molecule has 1 aromatic carbocycles. The van der Waals surface area contributed by atoms with Crippen LogP contribution >= 0.6 is 0 Å². The number of nitrogen functional groups attached to an aromatic ring is 1. The molecule has 3 heteroatoms. The highest BCUT2D eigenvalue weighted by Gasteiger charge is 2.35. The summed E-state index contributed by atoms with van der Waals surface area (Å²) < 4.78 is 0. The van der Waals surface area contributed by atoms with Gasteiger partial charge >= 0.3 is 0 Å². The highest BCUT2D eigenvalue weighted by molar-refractivity contribution is 6.00. The molecule has 0 aliphatic carbocycles. The Morgan fingerprint density at radius 3 is 2.58 bits per heavy atom. The minimum atomic E-state index is 0.171. The van der Waals surface area contributed by atoms with Gasteiger partial charge in [-0.25, -0.2) is 0 Å². The van der Waals surface area contributed by atoms with Crippen LogP contribution in [0.2, 0.25) is 0 Å². The van der Waals surface area contributed by atoms with E-state index in [0.717, 1.165) is 29.9 Å². The Morgan fingerprint density at radius 1 is 1.37 bits per heavy atom. The molecule has 1 saturated heterocycles. The first kappa shape index (κ1) is 13.9. The summed E-state index contributed by atoms with van der Waals surface area (Å²) in [7, 11) is 0. The lowest BCUT2D eigenvalue weighted by Crippen LogP contribution is -2.28. The third-order valence-electron chi connectivity index (χ3n) is 4.72. The van der Waals surface area contributed by atoms with Gasteiger partial charge in [0.1, 0.15) is 5.84 Å². The summed E-state index contributed by atoms with van der Waals surface area (Å²) in [6.07, 6.45) is 3.69. The van der Waals surface area contributed by atoms with Crippen molar-refractivity contribution in [3.05, 3.63) is 29.3 Å². The van der Waals surface area contributed by atoms with Gasteiger partial charge in [0.25, 0.3) is 0 Å². The number of aryl methyl sites for hydroxylation is 1. The number of benzene rings is 1. The van der Waals surface area contributed by atoms with E-state index in [4.69, 9.17) is 11.1 Å². The van der Waals surface area contributed by atoms with Crippen LogP contribution in [0.15, 0.2) is 18.2 Å². The molecule has 0 bridgehead atoms. The van der Waals surface area contributed by atoms with E-state index in [2.05, 4.69) is 30.9 Å². The highest BCUT2D eigenvalue weighted by atomic mass is 15.2. The molecule has 0 saturated carbocycles. The first-order valence-corrected chi connectivity index (χ1v) is 7.21. The maximum atomic E-state index is 7.78. The molecule has 1 aliphatic heterocycles. The van der Waals surface area contributed by atoms with E-state index in [9.17, 15) is 0 Å². The molecule has 19 heavy (non-hydrogen) atoms. The van der Waals surface area contributed by atoms with Gasteiger partial charge in [0.05, 0.1) is 0 Å². The van der Waals surface area contributed by atoms with E-state index in [0.29, 0.717) is 5.41 Å². The average Bonchev–Trinajstić information content (AvgIpc) is 2.83. The van der Waals surface area contributed by atoms with Crippen molar-refractivity contribution in [2.45, 2.75) is 40.0 Å². The van der Waals surface area contributed by atoms with Crippen molar-refractivity contribution in [3.63, 3.8) is 0 Å². The van der Waals surface area contributed by atoms with Gasteiger partial charge in [0.2, 0.25) is 0 Å². The SMILES string of the molecule is CCC1(CC)CCN(c2ccc(C)cc2C(=N)N)C1. The number of hydrogen-bond donors (Lipinski definition) is 2. The predicted molar refractivity (Wildman–Crippen MR) is 82.0 cm³/mol. The zero-order chi connectivity index (χ0) is 14.0. The van der Waals surface area contributed by atoms with Gasteiger partial charge in [-0.1, -0.05) is 25.5 Å². The molecule has 1 aromatic rings. The lowest BCUT2D eigenvalue weighted by molar-refractivity contribution is 0.301. The van der Waals surface area contributed by atoms with E-state index in [1.54, 1.807) is 0 Å². The van der Waals surface area contributed by atoms with E-state index in [1.165, 1.54) is 19.3 Å². The molecule has 1 heterocycles. The van der Waals surface area contributed by atoms with Crippen LogP contribution in [-0.4, -0.2) is 18.9 Å². The number of amidine groups is 1. The minimum Gasteiger partial charge on any atom is -0.384 e. The zero-order valence-electron chi connectivity index (χ0n) is 12.3. The van der Waals surface area contributed by atoms with E-state index < -0.39 is 0 Å². The van der Waals surface area contributed by atoms with Crippen LogP contribution in [0, 0.1) is 17.7 Å². The fourth-order valence-corrected chi connectivity index (χ4v) is 3.11. The van der Waals surface area contributed by atoms with Crippen LogP contribution in [0.25, 0.3) is 0 Å². The molecule has 3 nitrogen and oxygen atoms in total. The maximum Gasteiger partial charge on any atom is 0.124 e. The van der Waals surface area contributed by atoms with Crippen LogP contribution in [0.3, 0.4) is 0 Å². The lowest BCUT2D eigenvalue weighted by atomic mass is 9.82. The topological polar surface area (TPSA) is 53.1 Å². The summed E-state index contributed by atoms with van der Waals surface area (Å²) in [6.45, 7) is 8.78. The van der Waals surface area contributed by atoms with Gasteiger partial charge in [-0.15, -0.1) is 0 Å². The van der Waals surface area contributed by atoms with Gasteiger partial charge in [-0.05, 0) is 43.7 Å². The molecule has 0 amide bonds. The van der Waals surface area contributed by atoms with E-state index >= 15 is 0 Å². The van der Waals surface area contributed by atoms with E-state index in [1.807, 2.05) is 13.0 Å². The van der Waals surface area contributed by atoms with Crippen LogP contribution in [0.5, 0.6) is 0 Å². The third-order valence-corrected chi connectivity index (χ3v) is 4.72. The minimum absolute atomic E-state index is 0.171. The molecule has 0 radical (unpaired) electrons. The fraction of sp³-hybridized carbons (Fsp3) is 0.562. The van der Waals surface area contributed by atoms with Gasteiger partial charge < -0.3 is 10.6 Å². The van der Waals surface area contributed by atoms with Gasteiger partial charge in [0, 0.05) is 24.3 Å². The first-order chi connectivity index (χ1) is 9.01. The summed E-state index contributed by atoms with van der Waals surface area (Å²) in [4.78, 5) is 2.41. The Balaban J connectivity index is 2.31. The Kier molecular flexibility index (Phi) is 3.83. The van der Waals surface area contributed by atoms with Crippen LogP contribution in [-0.2, 0) is 0 Å². The molecule has 104 valence electrons. The van der Waals surface area contributed by atoms with Gasteiger partial charge in [-0.2, -0.15) is 0 Å². The second-order valence-electron chi connectivity index (χ2n) is 5.81. The standard InChI is InChI=1S/C16H25N3/c1-4-16(5-2)8-9-19(11-16)14-7-6-12(3)10-13(14)15(17)18/h6-7,10H,4-5,8-9,11H2,1-3H3,(H3,17,18). The second kappa shape index (κ2) is 5.24. The molecule has 0 atom stereocenters. The summed E-state index contributed by atoms with van der Waals surface area (Å²) in [5, 5.41) is 7.78. The zero-order valence-corrected chi connectivity index (χ0v) is 12.3. The summed E-state index contributed by atoms with van der Waals surface area (Å²) in [5.74, 6) is 0.171. The first-order valence-electron chi connectivity index (χ1n) is 7.21. The van der Waals surface area contributed by atoms with Crippen molar-refractivity contribution >= 4 is 11.5 Å². The highest BCUT2D eigenvalue weighted by Crippen LogP contribution is 2.39. The Labute approximate surface area is 116 Å². The Bertz CT molecular complexity index is 475. The largest absolute Gasteiger partial charge is 0.384 e. The average molecular weight is 259 g/mol. The van der Waals surface area contributed by atoms with Crippen molar-refractivity contribution in [2.75, 3.05) is 18.0 Å². The molecule has 2 rings (SSSR count). The molecule has 3 N–H and O–H groups in total. The van der Waals surface area contributed by atoms with Crippen molar-refractivity contribution in [3.8, 4) is 0 Å². The number of hydrogen-bond acceptors (Lipinski definition) is 2. The molecule has 0 spiro atoms. The Hall–Kier alpha value is -1.51. The molecule has 1 fully saturated rings. The molecule has 1 aliphatic rings. The van der Waals surface area contributed by atoms with Crippen molar-refractivity contribution in [2.24, 2.45) is 11.1 Å². The van der Waals surface area contributed by atoms with Crippen molar-refractivity contribution in [1.29, 1.82) is 5.41 Å². The molecule has 0 unspecified atom stereocenters. The molecular weight excluding hydrogens is 234 g/mol. The molecular formula is C16H25N3. The van der Waals surface area contributed by atoms with Crippen molar-refractivity contribution < 1.29 is 0 Å². The maximum absolute atomic E-state index is 7.78. The van der Waals surface area contributed by atoms with E-state index in [-0.39, 0.29) is 5.84 Å². The number of anilines is 1. The predicted octanol–water partition coefficient (Wildman–Crippen LogP) is 3.30. The fourth-order valence-electron chi connectivity index (χ4n) is 3.11. The monoisotopic (exact) mass is 259 g/mol. The summed E-state index contributed by atoms with van der Waals surface area (Å²) in [6, 6.07) is 6.25. The normalized spacial score (nSPS) is 17.7. The van der Waals surface area contributed by atoms with Crippen LogP contribution in [0.4, 0.5) is 5.69 Å². The Morgan fingerprint density at radius 2 is 2.05 bits per heavy atom. The summed E-state index contributed by atoms with van der Waals surface area (Å²) in [5.41, 5.74) is 9.35. The number of rotatable bonds is 4. The number of nitrogens with two attached hydrogens (primary N) is 1. The third kappa shape index (κ3) is 2.60. The second-order valence-corrected chi connectivity index (χ2v) is 5.81.